The first-order valence-electron chi connectivity index (χ1n) is 7.03. The number of pyridine rings is 1. The molecule has 1 heterocycles. The highest BCUT2D eigenvalue weighted by atomic mass is 16.5. The Hall–Kier alpha value is -1.62. The molecule has 1 aliphatic rings. The molecule has 0 radical (unpaired) electrons. The molecule has 1 aromatic rings. The van der Waals surface area contributed by atoms with Crippen LogP contribution in [0.1, 0.15) is 41.7 Å². The van der Waals surface area contributed by atoms with E-state index in [1.165, 1.54) is 6.07 Å². The number of rotatable bonds is 5. The Morgan fingerprint density at radius 2 is 2.10 bits per heavy atom. The second kappa shape index (κ2) is 6.70. The molecule has 1 aliphatic carbocycles. The molecule has 110 valence electrons. The van der Waals surface area contributed by atoms with Crippen LogP contribution in [0.2, 0.25) is 0 Å². The summed E-state index contributed by atoms with van der Waals surface area (Å²) >= 11 is 0. The number of carbonyl (C=O) groups is 1. The smallest absolute Gasteiger partial charge is 0.343 e. The van der Waals surface area contributed by atoms with Gasteiger partial charge in [0, 0.05) is 31.6 Å². The molecule has 1 aromatic heterocycles. The largest absolute Gasteiger partial charge is 0.459 e. The molecule has 0 atom stereocenters. The molecule has 1 saturated carbocycles. The van der Waals surface area contributed by atoms with E-state index in [0.29, 0.717) is 13.2 Å². The summed E-state index contributed by atoms with van der Waals surface area (Å²) in [6, 6.07) is 1.47. The molecule has 0 unspecified atom stereocenters. The number of esters is 1. The summed E-state index contributed by atoms with van der Waals surface area (Å²) in [5.74, 6) is -0.506. The van der Waals surface area contributed by atoms with Gasteiger partial charge in [-0.2, -0.15) is 0 Å². The minimum absolute atomic E-state index is 0.0318. The number of hydrogen-bond acceptors (Lipinski definition) is 4. The fraction of sp³-hybridized carbons (Fsp3) is 0.600. The predicted octanol–water partition coefficient (Wildman–Crippen LogP) is 1.90. The standard InChI is InChI=1S/C15H21NO4/c1-11-9-14(17)13(10-16(11)7-8-19-2)15(18)20-12-5-3-4-6-12/h9-10,12H,3-8H2,1-2H3. The highest BCUT2D eigenvalue weighted by Crippen LogP contribution is 2.21. The van der Waals surface area contributed by atoms with E-state index >= 15 is 0 Å². The van der Waals surface area contributed by atoms with Crippen LogP contribution in [0, 0.1) is 6.92 Å². The maximum Gasteiger partial charge on any atom is 0.343 e. The summed E-state index contributed by atoms with van der Waals surface area (Å²) in [6.45, 7) is 2.97. The molecule has 0 amide bonds. The van der Waals surface area contributed by atoms with E-state index in [2.05, 4.69) is 0 Å². The van der Waals surface area contributed by atoms with Crippen molar-refractivity contribution in [2.24, 2.45) is 0 Å². The van der Waals surface area contributed by atoms with Crippen LogP contribution >= 0.6 is 0 Å². The topological polar surface area (TPSA) is 57.5 Å². The lowest BCUT2D eigenvalue weighted by Gasteiger charge is -2.14. The molecule has 0 N–H and O–H groups in total. The highest BCUT2D eigenvalue weighted by Gasteiger charge is 2.22. The van der Waals surface area contributed by atoms with Crippen LogP contribution < -0.4 is 5.43 Å². The fourth-order valence-corrected chi connectivity index (χ4v) is 2.48. The summed E-state index contributed by atoms with van der Waals surface area (Å²) in [4.78, 5) is 24.0. The third-order valence-corrected chi connectivity index (χ3v) is 3.68. The third kappa shape index (κ3) is 3.48. The predicted molar refractivity (Wildman–Crippen MR) is 75.0 cm³/mol. The summed E-state index contributed by atoms with van der Waals surface area (Å²) in [6.07, 6.45) is 5.52. The van der Waals surface area contributed by atoms with Crippen molar-refractivity contribution in [3.8, 4) is 0 Å². The van der Waals surface area contributed by atoms with Crippen LogP contribution in [0.15, 0.2) is 17.1 Å². The number of aromatic nitrogens is 1. The molecular weight excluding hydrogens is 258 g/mol. The molecule has 0 aromatic carbocycles. The molecule has 2 rings (SSSR count). The number of methoxy groups -OCH3 is 1. The Kier molecular flexibility index (Phi) is 4.95. The van der Waals surface area contributed by atoms with E-state index < -0.39 is 5.97 Å². The van der Waals surface area contributed by atoms with Gasteiger partial charge in [0.15, 0.2) is 5.43 Å². The first kappa shape index (κ1) is 14.8. The maximum absolute atomic E-state index is 12.1. The van der Waals surface area contributed by atoms with Gasteiger partial charge in [0.05, 0.1) is 6.61 Å². The molecule has 0 saturated heterocycles. The molecule has 1 fully saturated rings. The van der Waals surface area contributed by atoms with Crippen molar-refractivity contribution < 1.29 is 14.3 Å². The van der Waals surface area contributed by atoms with Gasteiger partial charge >= 0.3 is 5.97 Å². The van der Waals surface area contributed by atoms with Crippen LogP contribution in [-0.4, -0.2) is 30.4 Å². The zero-order valence-corrected chi connectivity index (χ0v) is 12.1. The van der Waals surface area contributed by atoms with Gasteiger partial charge in [0.2, 0.25) is 0 Å². The van der Waals surface area contributed by atoms with E-state index in [4.69, 9.17) is 9.47 Å². The van der Waals surface area contributed by atoms with E-state index in [1.54, 1.807) is 13.3 Å². The van der Waals surface area contributed by atoms with E-state index in [1.807, 2.05) is 11.5 Å². The number of carbonyl (C=O) groups excluding carboxylic acids is 1. The van der Waals surface area contributed by atoms with Crippen LogP contribution in [0.4, 0.5) is 0 Å². The van der Waals surface area contributed by atoms with Crippen LogP contribution in [-0.2, 0) is 16.0 Å². The third-order valence-electron chi connectivity index (χ3n) is 3.68. The van der Waals surface area contributed by atoms with Crippen molar-refractivity contribution in [3.05, 3.63) is 33.7 Å². The van der Waals surface area contributed by atoms with Crippen molar-refractivity contribution in [2.75, 3.05) is 13.7 Å². The summed E-state index contributed by atoms with van der Waals surface area (Å²) < 4.78 is 12.3. The SMILES string of the molecule is COCCn1cc(C(=O)OC2CCCC2)c(=O)cc1C. The van der Waals surface area contributed by atoms with Gasteiger partial charge in [0.25, 0.3) is 0 Å². The van der Waals surface area contributed by atoms with E-state index in [-0.39, 0.29) is 17.1 Å². The Bertz CT molecular complexity index is 529. The monoisotopic (exact) mass is 279 g/mol. The molecule has 0 spiro atoms. The number of nitrogens with zero attached hydrogens (tertiary/aromatic N) is 1. The second-order valence-corrected chi connectivity index (χ2v) is 5.19. The minimum Gasteiger partial charge on any atom is -0.459 e. The van der Waals surface area contributed by atoms with Crippen molar-refractivity contribution in [1.29, 1.82) is 0 Å². The first-order valence-corrected chi connectivity index (χ1v) is 7.03. The van der Waals surface area contributed by atoms with Gasteiger partial charge in [-0.25, -0.2) is 4.79 Å². The molecule has 20 heavy (non-hydrogen) atoms. The zero-order valence-electron chi connectivity index (χ0n) is 12.1. The van der Waals surface area contributed by atoms with E-state index in [0.717, 1.165) is 31.4 Å². The van der Waals surface area contributed by atoms with Crippen LogP contribution in [0.5, 0.6) is 0 Å². The summed E-state index contributed by atoms with van der Waals surface area (Å²) in [5.41, 5.74) is 0.641. The number of hydrogen-bond donors (Lipinski definition) is 0. The lowest BCUT2D eigenvalue weighted by atomic mass is 10.2. The second-order valence-electron chi connectivity index (χ2n) is 5.19. The van der Waals surface area contributed by atoms with Crippen molar-refractivity contribution >= 4 is 5.97 Å². The normalized spacial score (nSPS) is 15.5. The molecule has 5 heteroatoms. The summed E-state index contributed by atoms with van der Waals surface area (Å²) in [7, 11) is 1.62. The fourth-order valence-electron chi connectivity index (χ4n) is 2.48. The zero-order chi connectivity index (χ0) is 14.5. The lowest BCUT2D eigenvalue weighted by Crippen LogP contribution is -2.24. The molecule has 0 aliphatic heterocycles. The average Bonchev–Trinajstić information content (AvgIpc) is 2.90. The lowest BCUT2D eigenvalue weighted by molar-refractivity contribution is 0.0315. The van der Waals surface area contributed by atoms with Gasteiger partial charge < -0.3 is 14.0 Å². The quantitative estimate of drug-likeness (QED) is 0.772. The Labute approximate surface area is 118 Å². The van der Waals surface area contributed by atoms with Gasteiger partial charge in [-0.1, -0.05) is 0 Å². The van der Waals surface area contributed by atoms with Gasteiger partial charge in [-0.05, 0) is 32.6 Å². The molecular formula is C15H21NO4. The van der Waals surface area contributed by atoms with Crippen molar-refractivity contribution in [1.82, 2.24) is 4.57 Å². The molecule has 0 bridgehead atoms. The minimum atomic E-state index is -0.506. The van der Waals surface area contributed by atoms with Crippen LogP contribution in [0.3, 0.4) is 0 Å². The summed E-state index contributed by atoms with van der Waals surface area (Å²) in [5, 5.41) is 0. The van der Waals surface area contributed by atoms with Crippen LogP contribution in [0.25, 0.3) is 0 Å². The van der Waals surface area contributed by atoms with E-state index in [9.17, 15) is 9.59 Å². The molecule has 5 nitrogen and oxygen atoms in total. The maximum atomic E-state index is 12.1. The van der Waals surface area contributed by atoms with Crippen molar-refractivity contribution in [2.45, 2.75) is 45.3 Å². The highest BCUT2D eigenvalue weighted by molar-refractivity contribution is 5.89. The number of aryl methyl sites for hydroxylation is 1. The Morgan fingerprint density at radius 3 is 2.75 bits per heavy atom. The number of ether oxygens (including phenoxy) is 2. The average molecular weight is 279 g/mol. The van der Waals surface area contributed by atoms with Gasteiger partial charge in [-0.15, -0.1) is 0 Å². The van der Waals surface area contributed by atoms with Gasteiger partial charge in [0.1, 0.15) is 11.7 Å². The van der Waals surface area contributed by atoms with Crippen molar-refractivity contribution in [3.63, 3.8) is 0 Å². The van der Waals surface area contributed by atoms with Gasteiger partial charge in [-0.3, -0.25) is 4.79 Å². The Morgan fingerprint density at radius 1 is 1.40 bits per heavy atom. The first-order chi connectivity index (χ1) is 9.61. The Balaban J connectivity index is 2.16.